The fourth-order valence-corrected chi connectivity index (χ4v) is 3.78. The molecule has 6 heteroatoms. The Hall–Kier alpha value is -4.58. The van der Waals surface area contributed by atoms with Gasteiger partial charge in [0.05, 0.1) is 22.4 Å². The minimum atomic E-state index is -0.353. The molecule has 0 saturated heterocycles. The molecule has 166 valence electrons. The van der Waals surface area contributed by atoms with Gasteiger partial charge in [-0.25, -0.2) is 9.97 Å². The number of amides is 2. The van der Waals surface area contributed by atoms with Crippen LogP contribution in [0.3, 0.4) is 0 Å². The number of hydrogen-bond acceptors (Lipinski definition) is 4. The lowest BCUT2D eigenvalue weighted by Crippen LogP contribution is -2.18. The number of benzene rings is 3. The minimum absolute atomic E-state index is 0.297. The number of nitrogens with one attached hydrogen (secondary N) is 2. The second-order valence-corrected chi connectivity index (χ2v) is 8.17. The normalized spacial score (nSPS) is 10.9. The van der Waals surface area contributed by atoms with Crippen LogP contribution in [0.4, 0.5) is 11.4 Å². The first-order chi connectivity index (χ1) is 16.5. The molecule has 0 radical (unpaired) electrons. The lowest BCUT2D eigenvalue weighted by molar-refractivity contribution is 0.101. The highest BCUT2D eigenvalue weighted by Crippen LogP contribution is 2.27. The number of nitrogens with zero attached hydrogens (tertiary/aromatic N) is 2. The molecular weight excluding hydrogens is 424 g/mol. The summed E-state index contributed by atoms with van der Waals surface area (Å²) in [6, 6.07) is 26.1. The van der Waals surface area contributed by atoms with E-state index in [0.717, 1.165) is 32.9 Å². The van der Waals surface area contributed by atoms with E-state index in [-0.39, 0.29) is 11.8 Å². The van der Waals surface area contributed by atoms with Gasteiger partial charge in [-0.2, -0.15) is 0 Å². The van der Waals surface area contributed by atoms with E-state index in [4.69, 9.17) is 0 Å². The molecule has 5 rings (SSSR count). The van der Waals surface area contributed by atoms with E-state index >= 15 is 0 Å². The smallest absolute Gasteiger partial charge is 0.274 e. The van der Waals surface area contributed by atoms with Crippen LogP contribution in [-0.2, 0) is 0 Å². The van der Waals surface area contributed by atoms with Gasteiger partial charge in [-0.15, -0.1) is 0 Å². The lowest BCUT2D eigenvalue weighted by atomic mass is 10.1. The standard InChI is InChI=1S/C28H22N4O2/c1-17-15-25(31-27(33)23-13-11-19-7-3-5-9-21(19)29-23)26(16-18(17)2)32-28(34)24-14-12-20-8-4-6-10-22(20)30-24/h3-16H,1-2H3,(H,31,33)(H,32,34). The molecule has 0 aliphatic carbocycles. The molecule has 0 aliphatic rings. The topological polar surface area (TPSA) is 84.0 Å². The summed E-state index contributed by atoms with van der Waals surface area (Å²) >= 11 is 0. The highest BCUT2D eigenvalue weighted by molar-refractivity contribution is 6.10. The molecular formula is C28H22N4O2. The van der Waals surface area contributed by atoms with Crippen LogP contribution in [0.15, 0.2) is 84.9 Å². The first-order valence-electron chi connectivity index (χ1n) is 10.9. The maximum absolute atomic E-state index is 13.0. The number of rotatable bonds is 4. The fraction of sp³-hybridized carbons (Fsp3) is 0.0714. The summed E-state index contributed by atoms with van der Waals surface area (Å²) in [5, 5.41) is 7.74. The van der Waals surface area contributed by atoms with Crippen molar-refractivity contribution in [3.8, 4) is 0 Å². The van der Waals surface area contributed by atoms with Gasteiger partial charge in [0.25, 0.3) is 11.8 Å². The second-order valence-electron chi connectivity index (χ2n) is 8.17. The lowest BCUT2D eigenvalue weighted by Gasteiger charge is -2.15. The van der Waals surface area contributed by atoms with Crippen molar-refractivity contribution in [2.45, 2.75) is 13.8 Å². The average molecular weight is 447 g/mol. The Morgan fingerprint density at radius 2 is 1.00 bits per heavy atom. The zero-order valence-corrected chi connectivity index (χ0v) is 18.8. The molecule has 0 saturated carbocycles. The maximum atomic E-state index is 13.0. The number of hydrogen-bond donors (Lipinski definition) is 2. The van der Waals surface area contributed by atoms with Crippen LogP contribution in [0.1, 0.15) is 32.1 Å². The zero-order valence-electron chi connectivity index (χ0n) is 18.8. The van der Waals surface area contributed by atoms with Crippen molar-refractivity contribution in [3.05, 3.63) is 107 Å². The Bertz CT molecular complexity index is 1460. The summed E-state index contributed by atoms with van der Waals surface area (Å²) in [6.07, 6.45) is 0. The van der Waals surface area contributed by atoms with Crippen molar-refractivity contribution in [1.29, 1.82) is 0 Å². The Kier molecular flexibility index (Phi) is 5.47. The van der Waals surface area contributed by atoms with Crippen molar-refractivity contribution < 1.29 is 9.59 Å². The predicted octanol–water partition coefficient (Wildman–Crippen LogP) is 5.90. The molecule has 0 fully saturated rings. The number of carbonyl (C=O) groups excluding carboxylic acids is 2. The molecule has 34 heavy (non-hydrogen) atoms. The first-order valence-corrected chi connectivity index (χ1v) is 10.9. The molecule has 0 spiro atoms. The second kappa shape index (κ2) is 8.75. The van der Waals surface area contributed by atoms with Gasteiger partial charge in [-0.1, -0.05) is 48.5 Å². The van der Waals surface area contributed by atoms with Gasteiger partial charge in [0.15, 0.2) is 0 Å². The Balaban J connectivity index is 1.44. The molecule has 3 aromatic carbocycles. The largest absolute Gasteiger partial charge is 0.319 e. The third-order valence-electron chi connectivity index (χ3n) is 5.79. The van der Waals surface area contributed by atoms with Gasteiger partial charge < -0.3 is 10.6 Å². The third-order valence-corrected chi connectivity index (χ3v) is 5.79. The van der Waals surface area contributed by atoms with Crippen LogP contribution < -0.4 is 10.6 Å². The SMILES string of the molecule is Cc1cc(NC(=O)c2ccc3ccccc3n2)c(NC(=O)c2ccc3ccccc3n2)cc1C. The van der Waals surface area contributed by atoms with E-state index in [1.54, 1.807) is 12.1 Å². The molecule has 0 aliphatic heterocycles. The van der Waals surface area contributed by atoms with Crippen LogP contribution in [0.2, 0.25) is 0 Å². The van der Waals surface area contributed by atoms with E-state index in [1.165, 1.54) is 0 Å². The van der Waals surface area contributed by atoms with Crippen molar-refractivity contribution in [2.75, 3.05) is 10.6 Å². The molecule has 2 aromatic heterocycles. The molecule has 5 aromatic rings. The van der Waals surface area contributed by atoms with Crippen LogP contribution in [0.5, 0.6) is 0 Å². The summed E-state index contributed by atoms with van der Waals surface area (Å²) in [5.74, 6) is -0.707. The summed E-state index contributed by atoms with van der Waals surface area (Å²) in [5.41, 5.74) is 5.05. The number of aryl methyl sites for hydroxylation is 2. The molecule has 0 bridgehead atoms. The molecule has 2 N–H and O–H groups in total. The monoisotopic (exact) mass is 446 g/mol. The van der Waals surface area contributed by atoms with E-state index in [0.29, 0.717) is 22.8 Å². The zero-order chi connectivity index (χ0) is 23.7. The van der Waals surface area contributed by atoms with Crippen LogP contribution in [0.25, 0.3) is 21.8 Å². The van der Waals surface area contributed by atoms with Crippen molar-refractivity contribution in [2.24, 2.45) is 0 Å². The Morgan fingerprint density at radius 1 is 0.588 bits per heavy atom. The Labute approximate surface area is 196 Å². The van der Waals surface area contributed by atoms with Crippen LogP contribution in [0, 0.1) is 13.8 Å². The number of carbonyl (C=O) groups is 2. The number of para-hydroxylation sites is 2. The number of anilines is 2. The molecule has 6 nitrogen and oxygen atoms in total. The molecule has 2 heterocycles. The highest BCUT2D eigenvalue weighted by atomic mass is 16.2. The summed E-state index contributed by atoms with van der Waals surface area (Å²) in [6.45, 7) is 3.91. The van der Waals surface area contributed by atoms with Crippen LogP contribution >= 0.6 is 0 Å². The molecule has 0 unspecified atom stereocenters. The quantitative estimate of drug-likeness (QED) is 0.360. The van der Waals surface area contributed by atoms with E-state index in [1.807, 2.05) is 86.6 Å². The first kappa shape index (κ1) is 21.3. The van der Waals surface area contributed by atoms with Gasteiger partial charge in [0.1, 0.15) is 11.4 Å². The van der Waals surface area contributed by atoms with E-state index in [2.05, 4.69) is 20.6 Å². The number of aromatic nitrogens is 2. The third kappa shape index (κ3) is 4.21. The summed E-state index contributed by atoms with van der Waals surface area (Å²) in [4.78, 5) is 35.0. The van der Waals surface area contributed by atoms with E-state index < -0.39 is 0 Å². The summed E-state index contributed by atoms with van der Waals surface area (Å²) in [7, 11) is 0. The van der Waals surface area contributed by atoms with Gasteiger partial charge in [-0.3, -0.25) is 9.59 Å². The number of fused-ring (bicyclic) bond motifs is 2. The van der Waals surface area contributed by atoms with Crippen LogP contribution in [-0.4, -0.2) is 21.8 Å². The maximum Gasteiger partial charge on any atom is 0.274 e. The highest BCUT2D eigenvalue weighted by Gasteiger charge is 2.16. The van der Waals surface area contributed by atoms with Gasteiger partial charge >= 0.3 is 0 Å². The van der Waals surface area contributed by atoms with Crippen molar-refractivity contribution in [1.82, 2.24) is 9.97 Å². The Morgan fingerprint density at radius 3 is 1.44 bits per heavy atom. The van der Waals surface area contributed by atoms with Crippen molar-refractivity contribution >= 4 is 45.0 Å². The minimum Gasteiger partial charge on any atom is -0.319 e. The fourth-order valence-electron chi connectivity index (χ4n) is 3.78. The van der Waals surface area contributed by atoms with Gasteiger partial charge in [0, 0.05) is 10.8 Å². The van der Waals surface area contributed by atoms with Crippen molar-refractivity contribution in [3.63, 3.8) is 0 Å². The van der Waals surface area contributed by atoms with Gasteiger partial charge in [-0.05, 0) is 61.4 Å². The molecule has 0 atom stereocenters. The summed E-state index contributed by atoms with van der Waals surface area (Å²) < 4.78 is 0. The predicted molar refractivity (Wildman–Crippen MR) is 135 cm³/mol. The van der Waals surface area contributed by atoms with Gasteiger partial charge in [0.2, 0.25) is 0 Å². The number of pyridine rings is 2. The molecule has 2 amide bonds. The van der Waals surface area contributed by atoms with E-state index in [9.17, 15) is 9.59 Å². The average Bonchev–Trinajstić information content (AvgIpc) is 2.86.